The van der Waals surface area contributed by atoms with Gasteiger partial charge in [0, 0.05) is 15.6 Å². The van der Waals surface area contributed by atoms with Gasteiger partial charge in [-0.1, -0.05) is 28.8 Å². The Morgan fingerprint density at radius 3 is 2.42 bits per heavy atom. The zero-order chi connectivity index (χ0) is 14.2. The Morgan fingerprint density at radius 2 is 1.95 bits per heavy atom. The van der Waals surface area contributed by atoms with Gasteiger partial charge in [-0.05, 0) is 38.3 Å². The highest BCUT2D eigenvalue weighted by atomic mass is 79.9. The maximum Gasteiger partial charge on any atom is 0.314 e. The largest absolute Gasteiger partial charge is 0.496 e. The highest BCUT2D eigenvalue weighted by molar-refractivity contribution is 9.10. The summed E-state index contributed by atoms with van der Waals surface area (Å²) in [6, 6.07) is 2.00. The summed E-state index contributed by atoms with van der Waals surface area (Å²) >= 11 is 3.51. The van der Waals surface area contributed by atoms with Gasteiger partial charge in [0.25, 0.3) is 0 Å². The number of aliphatic carboxylic acids is 1. The van der Waals surface area contributed by atoms with Crippen LogP contribution in [-0.4, -0.2) is 18.2 Å². The summed E-state index contributed by atoms with van der Waals surface area (Å²) in [5, 5.41) is 9.75. The normalized spacial score (nSPS) is 17.5. The average molecular weight is 327 g/mol. The number of halogens is 1. The molecule has 1 aliphatic rings. The maximum absolute atomic E-state index is 11.9. The van der Waals surface area contributed by atoms with Gasteiger partial charge in [-0.2, -0.15) is 0 Å². The van der Waals surface area contributed by atoms with E-state index < -0.39 is 11.4 Å². The molecule has 0 amide bonds. The highest BCUT2D eigenvalue weighted by Gasteiger charge is 2.46. The Labute approximate surface area is 122 Å². The van der Waals surface area contributed by atoms with Crippen LogP contribution in [0.4, 0.5) is 0 Å². The predicted octanol–water partition coefficient (Wildman–Crippen LogP) is 3.97. The van der Waals surface area contributed by atoms with Gasteiger partial charge < -0.3 is 9.84 Å². The second-order valence-corrected chi connectivity index (χ2v) is 6.16. The molecule has 0 bridgehead atoms. The molecule has 1 aliphatic carbocycles. The van der Waals surface area contributed by atoms with Crippen LogP contribution in [-0.2, 0) is 10.2 Å². The zero-order valence-electron chi connectivity index (χ0n) is 11.5. The van der Waals surface area contributed by atoms with Crippen molar-refractivity contribution in [2.24, 2.45) is 0 Å². The van der Waals surface area contributed by atoms with Crippen molar-refractivity contribution >= 4 is 21.9 Å². The number of methoxy groups -OCH3 is 1. The van der Waals surface area contributed by atoms with Crippen molar-refractivity contribution < 1.29 is 14.6 Å². The van der Waals surface area contributed by atoms with E-state index in [1.807, 2.05) is 19.9 Å². The van der Waals surface area contributed by atoms with Crippen molar-refractivity contribution in [3.63, 3.8) is 0 Å². The van der Waals surface area contributed by atoms with Crippen LogP contribution in [0.25, 0.3) is 0 Å². The van der Waals surface area contributed by atoms with Crippen molar-refractivity contribution in [3.8, 4) is 5.75 Å². The van der Waals surface area contributed by atoms with Crippen LogP contribution in [0.1, 0.15) is 42.4 Å². The van der Waals surface area contributed by atoms with E-state index in [1.54, 1.807) is 7.11 Å². The summed E-state index contributed by atoms with van der Waals surface area (Å²) in [6.45, 7) is 3.92. The van der Waals surface area contributed by atoms with Crippen molar-refractivity contribution in [2.45, 2.75) is 44.9 Å². The van der Waals surface area contributed by atoms with Crippen LogP contribution in [0.15, 0.2) is 10.5 Å². The second kappa shape index (κ2) is 5.16. The minimum absolute atomic E-state index is 0.695. The Kier molecular flexibility index (Phi) is 3.90. The molecule has 19 heavy (non-hydrogen) atoms. The fourth-order valence-corrected chi connectivity index (χ4v) is 3.77. The Bertz CT molecular complexity index is 517. The van der Waals surface area contributed by atoms with Gasteiger partial charge in [-0.3, -0.25) is 4.79 Å². The fraction of sp³-hybridized carbons (Fsp3) is 0.533. The van der Waals surface area contributed by atoms with Crippen LogP contribution in [0.5, 0.6) is 5.75 Å². The molecular formula is C15H19BrO3. The first kappa shape index (κ1) is 14.4. The van der Waals surface area contributed by atoms with Crippen LogP contribution < -0.4 is 4.74 Å². The van der Waals surface area contributed by atoms with E-state index in [2.05, 4.69) is 15.9 Å². The van der Waals surface area contributed by atoms with Gasteiger partial charge in [0.15, 0.2) is 0 Å². The first-order valence-corrected chi connectivity index (χ1v) is 7.31. The number of carbonyl (C=O) groups is 1. The smallest absolute Gasteiger partial charge is 0.314 e. The Hall–Kier alpha value is -1.03. The SMILES string of the molecule is COc1c(C)c(Br)cc(C)c1C1(C(=O)O)CCCC1. The lowest BCUT2D eigenvalue weighted by Gasteiger charge is -2.29. The molecule has 0 atom stereocenters. The topological polar surface area (TPSA) is 46.5 Å². The van der Waals surface area contributed by atoms with Crippen molar-refractivity contribution in [1.29, 1.82) is 0 Å². The third-order valence-corrected chi connectivity index (χ3v) is 5.04. The second-order valence-electron chi connectivity index (χ2n) is 5.30. The molecule has 1 aromatic carbocycles. The third-order valence-electron chi connectivity index (χ3n) is 4.21. The number of aryl methyl sites for hydroxylation is 1. The lowest BCUT2D eigenvalue weighted by atomic mass is 9.75. The molecule has 0 spiro atoms. The predicted molar refractivity (Wildman–Crippen MR) is 77.9 cm³/mol. The lowest BCUT2D eigenvalue weighted by Crippen LogP contribution is -2.34. The standard InChI is InChI=1S/C15H19BrO3/c1-9-8-11(16)10(2)13(19-3)12(9)15(14(17)18)6-4-5-7-15/h8H,4-7H2,1-3H3,(H,17,18). The third kappa shape index (κ3) is 2.16. The maximum atomic E-state index is 11.9. The Balaban J connectivity index is 2.73. The quantitative estimate of drug-likeness (QED) is 0.914. The number of hydrogen-bond acceptors (Lipinski definition) is 2. The number of ether oxygens (including phenoxy) is 1. The first-order chi connectivity index (χ1) is 8.94. The number of carboxylic acids is 1. The molecule has 1 fully saturated rings. The van der Waals surface area contributed by atoms with Gasteiger partial charge in [-0.25, -0.2) is 0 Å². The lowest BCUT2D eigenvalue weighted by molar-refractivity contribution is -0.143. The molecule has 1 N–H and O–H groups in total. The summed E-state index contributed by atoms with van der Waals surface area (Å²) in [5.74, 6) is -0.00991. The average Bonchev–Trinajstić information content (AvgIpc) is 2.83. The molecule has 0 aromatic heterocycles. The van der Waals surface area contributed by atoms with Gasteiger partial charge in [0.2, 0.25) is 0 Å². The summed E-state index contributed by atoms with van der Waals surface area (Å²) in [4.78, 5) is 11.9. The summed E-state index contributed by atoms with van der Waals surface area (Å²) < 4.78 is 6.49. The monoisotopic (exact) mass is 326 g/mol. The van der Waals surface area contributed by atoms with E-state index >= 15 is 0 Å². The number of hydrogen-bond donors (Lipinski definition) is 1. The van der Waals surface area contributed by atoms with Gasteiger partial charge in [0.1, 0.15) is 5.75 Å². The Morgan fingerprint density at radius 1 is 1.37 bits per heavy atom. The van der Waals surface area contributed by atoms with Crippen LogP contribution in [0, 0.1) is 13.8 Å². The van der Waals surface area contributed by atoms with E-state index in [9.17, 15) is 9.90 Å². The molecule has 0 unspecified atom stereocenters. The molecule has 0 radical (unpaired) electrons. The van der Waals surface area contributed by atoms with Gasteiger partial charge in [0.05, 0.1) is 12.5 Å². The number of carboxylic acid groups (broad SMARTS) is 1. The zero-order valence-corrected chi connectivity index (χ0v) is 13.1. The molecule has 3 nitrogen and oxygen atoms in total. The fourth-order valence-electron chi connectivity index (χ4n) is 3.24. The van der Waals surface area contributed by atoms with E-state index in [4.69, 9.17) is 4.74 Å². The number of benzene rings is 1. The van der Waals surface area contributed by atoms with Gasteiger partial charge >= 0.3 is 5.97 Å². The molecular weight excluding hydrogens is 308 g/mol. The van der Waals surface area contributed by atoms with Crippen LogP contribution in [0.3, 0.4) is 0 Å². The molecule has 1 saturated carbocycles. The summed E-state index contributed by atoms with van der Waals surface area (Å²) in [5.41, 5.74) is 2.04. The highest BCUT2D eigenvalue weighted by Crippen LogP contribution is 2.48. The molecule has 0 saturated heterocycles. The minimum atomic E-state index is -0.777. The summed E-state index contributed by atoms with van der Waals surface area (Å²) in [7, 11) is 1.61. The molecule has 1 aromatic rings. The van der Waals surface area contributed by atoms with E-state index in [0.29, 0.717) is 12.8 Å². The molecule has 4 heteroatoms. The molecule has 2 rings (SSSR count). The van der Waals surface area contributed by atoms with Gasteiger partial charge in [-0.15, -0.1) is 0 Å². The summed E-state index contributed by atoms with van der Waals surface area (Å²) in [6.07, 6.45) is 3.31. The van der Waals surface area contributed by atoms with Crippen molar-refractivity contribution in [3.05, 3.63) is 27.2 Å². The molecule has 0 aliphatic heterocycles. The van der Waals surface area contributed by atoms with Crippen LogP contribution >= 0.6 is 15.9 Å². The van der Waals surface area contributed by atoms with E-state index in [1.165, 1.54) is 0 Å². The molecule has 0 heterocycles. The van der Waals surface area contributed by atoms with Crippen molar-refractivity contribution in [1.82, 2.24) is 0 Å². The van der Waals surface area contributed by atoms with Crippen molar-refractivity contribution in [2.75, 3.05) is 7.11 Å². The molecule has 104 valence electrons. The van der Waals surface area contributed by atoms with E-state index in [0.717, 1.165) is 39.8 Å². The van der Waals surface area contributed by atoms with Crippen LogP contribution in [0.2, 0.25) is 0 Å². The minimum Gasteiger partial charge on any atom is -0.496 e. The first-order valence-electron chi connectivity index (χ1n) is 6.51. The number of rotatable bonds is 3. The van der Waals surface area contributed by atoms with E-state index in [-0.39, 0.29) is 0 Å².